The van der Waals surface area contributed by atoms with Crippen molar-refractivity contribution < 1.29 is 9.47 Å². The second kappa shape index (κ2) is 7.56. The third-order valence-electron chi connectivity index (χ3n) is 3.06. The summed E-state index contributed by atoms with van der Waals surface area (Å²) < 4.78 is 10.9. The van der Waals surface area contributed by atoms with E-state index in [0.717, 1.165) is 24.6 Å². The van der Waals surface area contributed by atoms with E-state index in [1.54, 1.807) is 7.11 Å². The van der Waals surface area contributed by atoms with E-state index in [9.17, 15) is 0 Å². The van der Waals surface area contributed by atoms with Crippen molar-refractivity contribution in [3.8, 4) is 11.5 Å². The normalized spacial score (nSPS) is 10.3. The zero-order chi connectivity index (χ0) is 14.2. The molecule has 0 unspecified atom stereocenters. The Bertz CT molecular complexity index is 523. The minimum atomic E-state index is 0.617. The van der Waals surface area contributed by atoms with Gasteiger partial charge in [-0.2, -0.15) is 0 Å². The van der Waals surface area contributed by atoms with Crippen molar-refractivity contribution >= 4 is 0 Å². The van der Waals surface area contributed by atoms with E-state index in [4.69, 9.17) is 9.47 Å². The van der Waals surface area contributed by atoms with Gasteiger partial charge in [0.05, 0.1) is 7.11 Å². The molecule has 0 fully saturated rings. The SMILES string of the molecule is COc1ccccc1OCCNCc1ccc(C)cc1. The Kier molecular flexibility index (Phi) is 5.44. The lowest BCUT2D eigenvalue weighted by molar-refractivity contribution is 0.292. The largest absolute Gasteiger partial charge is 0.493 e. The molecule has 1 N–H and O–H groups in total. The number of nitrogens with one attached hydrogen (secondary N) is 1. The zero-order valence-corrected chi connectivity index (χ0v) is 12.1. The maximum Gasteiger partial charge on any atom is 0.161 e. The Morgan fingerprint density at radius 1 is 0.950 bits per heavy atom. The fraction of sp³-hybridized carbons (Fsp3) is 0.294. The highest BCUT2D eigenvalue weighted by Crippen LogP contribution is 2.25. The number of aryl methyl sites for hydroxylation is 1. The summed E-state index contributed by atoms with van der Waals surface area (Å²) in [5.74, 6) is 1.55. The number of hydrogen-bond donors (Lipinski definition) is 1. The lowest BCUT2D eigenvalue weighted by Gasteiger charge is -2.10. The van der Waals surface area contributed by atoms with E-state index >= 15 is 0 Å². The Balaban J connectivity index is 1.70. The van der Waals surface area contributed by atoms with Gasteiger partial charge in [0.25, 0.3) is 0 Å². The van der Waals surface area contributed by atoms with Crippen LogP contribution in [0.1, 0.15) is 11.1 Å². The van der Waals surface area contributed by atoms with Crippen LogP contribution in [0.3, 0.4) is 0 Å². The summed E-state index contributed by atoms with van der Waals surface area (Å²) in [6.45, 7) is 4.37. The Morgan fingerprint density at radius 3 is 2.35 bits per heavy atom. The van der Waals surface area contributed by atoms with Crippen molar-refractivity contribution in [2.24, 2.45) is 0 Å². The van der Waals surface area contributed by atoms with E-state index in [-0.39, 0.29) is 0 Å². The average molecular weight is 271 g/mol. The highest BCUT2D eigenvalue weighted by molar-refractivity contribution is 5.39. The molecule has 3 heteroatoms. The molecule has 2 aromatic carbocycles. The zero-order valence-electron chi connectivity index (χ0n) is 12.1. The molecule has 0 saturated carbocycles. The van der Waals surface area contributed by atoms with Gasteiger partial charge in [-0.05, 0) is 24.6 Å². The molecule has 106 valence electrons. The Morgan fingerprint density at radius 2 is 1.65 bits per heavy atom. The van der Waals surface area contributed by atoms with Crippen LogP contribution in [0.2, 0.25) is 0 Å². The van der Waals surface area contributed by atoms with E-state index in [1.807, 2.05) is 24.3 Å². The van der Waals surface area contributed by atoms with E-state index in [1.165, 1.54) is 11.1 Å². The van der Waals surface area contributed by atoms with Crippen LogP contribution in [0.25, 0.3) is 0 Å². The first-order valence-electron chi connectivity index (χ1n) is 6.81. The molecular weight excluding hydrogens is 250 g/mol. The molecule has 0 aliphatic carbocycles. The van der Waals surface area contributed by atoms with Gasteiger partial charge in [0.1, 0.15) is 6.61 Å². The first-order chi connectivity index (χ1) is 9.79. The number of ether oxygens (including phenoxy) is 2. The maximum absolute atomic E-state index is 5.70. The quantitative estimate of drug-likeness (QED) is 0.785. The van der Waals surface area contributed by atoms with Crippen LogP contribution in [0.5, 0.6) is 11.5 Å². The number of rotatable bonds is 7. The number of para-hydroxylation sites is 2. The molecule has 0 bridgehead atoms. The summed E-state index contributed by atoms with van der Waals surface area (Å²) in [5, 5.41) is 3.36. The van der Waals surface area contributed by atoms with Crippen molar-refractivity contribution in [1.82, 2.24) is 5.32 Å². The van der Waals surface area contributed by atoms with Crippen molar-refractivity contribution in [2.45, 2.75) is 13.5 Å². The predicted octanol–water partition coefficient (Wildman–Crippen LogP) is 3.17. The van der Waals surface area contributed by atoms with Crippen LogP contribution in [-0.4, -0.2) is 20.3 Å². The van der Waals surface area contributed by atoms with Gasteiger partial charge in [0.2, 0.25) is 0 Å². The summed E-state index contributed by atoms with van der Waals surface area (Å²) >= 11 is 0. The minimum Gasteiger partial charge on any atom is -0.493 e. The molecule has 2 rings (SSSR count). The topological polar surface area (TPSA) is 30.5 Å². The highest BCUT2D eigenvalue weighted by Gasteiger charge is 2.01. The monoisotopic (exact) mass is 271 g/mol. The minimum absolute atomic E-state index is 0.617. The predicted molar refractivity (Wildman–Crippen MR) is 81.4 cm³/mol. The molecular formula is C17H21NO2. The lowest BCUT2D eigenvalue weighted by Crippen LogP contribution is -2.20. The molecule has 0 atom stereocenters. The molecule has 0 aliphatic heterocycles. The van der Waals surface area contributed by atoms with Crippen LogP contribution >= 0.6 is 0 Å². The standard InChI is InChI=1S/C17H21NO2/c1-14-7-9-15(10-8-14)13-18-11-12-20-17-6-4-3-5-16(17)19-2/h3-10,18H,11-13H2,1-2H3. The molecule has 0 aliphatic rings. The molecule has 0 saturated heterocycles. The smallest absolute Gasteiger partial charge is 0.161 e. The van der Waals surface area contributed by atoms with Crippen LogP contribution in [0, 0.1) is 6.92 Å². The first kappa shape index (κ1) is 14.4. The fourth-order valence-corrected chi connectivity index (χ4v) is 1.91. The molecule has 0 amide bonds. The van der Waals surface area contributed by atoms with Crippen LogP contribution in [0.15, 0.2) is 48.5 Å². The third-order valence-corrected chi connectivity index (χ3v) is 3.06. The van der Waals surface area contributed by atoms with Crippen LogP contribution in [-0.2, 0) is 6.54 Å². The number of methoxy groups -OCH3 is 1. The van der Waals surface area contributed by atoms with Gasteiger partial charge < -0.3 is 14.8 Å². The summed E-state index contributed by atoms with van der Waals surface area (Å²) in [7, 11) is 1.65. The summed E-state index contributed by atoms with van der Waals surface area (Å²) in [4.78, 5) is 0. The highest BCUT2D eigenvalue weighted by atomic mass is 16.5. The average Bonchev–Trinajstić information content (AvgIpc) is 2.49. The van der Waals surface area contributed by atoms with Gasteiger partial charge in [0.15, 0.2) is 11.5 Å². The Hall–Kier alpha value is -2.00. The van der Waals surface area contributed by atoms with Gasteiger partial charge in [-0.3, -0.25) is 0 Å². The van der Waals surface area contributed by atoms with E-state index in [0.29, 0.717) is 6.61 Å². The van der Waals surface area contributed by atoms with Gasteiger partial charge in [-0.25, -0.2) is 0 Å². The second-order valence-corrected chi connectivity index (χ2v) is 4.66. The lowest BCUT2D eigenvalue weighted by atomic mass is 10.1. The van der Waals surface area contributed by atoms with Gasteiger partial charge in [-0.15, -0.1) is 0 Å². The molecule has 0 heterocycles. The van der Waals surface area contributed by atoms with Gasteiger partial charge >= 0.3 is 0 Å². The van der Waals surface area contributed by atoms with Gasteiger partial charge in [0, 0.05) is 13.1 Å². The first-order valence-corrected chi connectivity index (χ1v) is 6.81. The van der Waals surface area contributed by atoms with Crippen molar-refractivity contribution in [2.75, 3.05) is 20.3 Å². The number of hydrogen-bond acceptors (Lipinski definition) is 3. The molecule has 0 spiro atoms. The Labute approximate surface area is 120 Å². The van der Waals surface area contributed by atoms with Crippen molar-refractivity contribution in [3.63, 3.8) is 0 Å². The van der Waals surface area contributed by atoms with Crippen molar-refractivity contribution in [1.29, 1.82) is 0 Å². The summed E-state index contributed by atoms with van der Waals surface area (Å²) in [6, 6.07) is 16.2. The van der Waals surface area contributed by atoms with Crippen LogP contribution < -0.4 is 14.8 Å². The second-order valence-electron chi connectivity index (χ2n) is 4.66. The number of benzene rings is 2. The van der Waals surface area contributed by atoms with E-state index in [2.05, 4.69) is 36.5 Å². The summed E-state index contributed by atoms with van der Waals surface area (Å²) in [6.07, 6.45) is 0. The molecule has 20 heavy (non-hydrogen) atoms. The van der Waals surface area contributed by atoms with Crippen molar-refractivity contribution in [3.05, 3.63) is 59.7 Å². The maximum atomic E-state index is 5.70. The molecule has 3 nitrogen and oxygen atoms in total. The third kappa shape index (κ3) is 4.28. The van der Waals surface area contributed by atoms with E-state index < -0.39 is 0 Å². The molecule has 0 aromatic heterocycles. The molecule has 0 radical (unpaired) electrons. The summed E-state index contributed by atoms with van der Waals surface area (Å²) in [5.41, 5.74) is 2.57. The fourth-order valence-electron chi connectivity index (χ4n) is 1.91. The van der Waals surface area contributed by atoms with Crippen LogP contribution in [0.4, 0.5) is 0 Å². The molecule has 2 aromatic rings. The van der Waals surface area contributed by atoms with Gasteiger partial charge in [-0.1, -0.05) is 42.0 Å².